The second kappa shape index (κ2) is 9.82. The molecule has 0 saturated heterocycles. The van der Waals surface area contributed by atoms with Gasteiger partial charge in [-0.1, -0.05) is 25.1 Å². The maximum atomic E-state index is 12.4. The molecule has 1 aliphatic rings. The summed E-state index contributed by atoms with van der Waals surface area (Å²) in [6.07, 6.45) is 1.03. The van der Waals surface area contributed by atoms with Crippen LogP contribution in [0, 0.1) is 0 Å². The highest BCUT2D eigenvalue weighted by atomic mass is 32.2. The molecular formula is C22H27N3O5S. The molecule has 0 radical (unpaired) electrons. The Balaban J connectivity index is 1.58. The second-order valence-electron chi connectivity index (χ2n) is 7.13. The maximum Gasteiger partial charge on any atom is 0.263 e. The number of amidine groups is 1. The highest BCUT2D eigenvalue weighted by Crippen LogP contribution is 2.30. The molecule has 2 aromatic carbocycles. The number of amides is 1. The predicted octanol–water partition coefficient (Wildman–Crippen LogP) is 2.79. The average Bonchev–Trinajstić information content (AvgIpc) is 3.02. The number of ether oxygens (including phenoxy) is 2. The highest BCUT2D eigenvalue weighted by Gasteiger charge is 2.29. The summed E-state index contributed by atoms with van der Waals surface area (Å²) < 4.78 is 37.7. The maximum absolute atomic E-state index is 12.4. The van der Waals surface area contributed by atoms with Gasteiger partial charge in [-0.15, -0.1) is 0 Å². The van der Waals surface area contributed by atoms with Gasteiger partial charge in [0.1, 0.15) is 5.84 Å². The van der Waals surface area contributed by atoms with E-state index in [-0.39, 0.29) is 35.6 Å². The molecule has 9 heteroatoms. The Hall–Kier alpha value is -3.07. The fourth-order valence-electron chi connectivity index (χ4n) is 3.20. The van der Waals surface area contributed by atoms with Gasteiger partial charge in [0, 0.05) is 12.0 Å². The number of carbonyl (C=O) groups excluding carboxylic acids is 1. The molecular weight excluding hydrogens is 418 g/mol. The molecule has 0 aromatic heterocycles. The van der Waals surface area contributed by atoms with Crippen molar-refractivity contribution in [3.63, 3.8) is 0 Å². The number of nitrogens with zero attached hydrogens (tertiary/aromatic N) is 1. The largest absolute Gasteiger partial charge is 0.493 e. The van der Waals surface area contributed by atoms with Crippen LogP contribution in [-0.2, 0) is 14.8 Å². The molecule has 166 valence electrons. The van der Waals surface area contributed by atoms with E-state index in [0.29, 0.717) is 23.7 Å². The Kier molecular flexibility index (Phi) is 7.17. The summed E-state index contributed by atoms with van der Waals surface area (Å²) in [5, 5.41) is 2.93. The Morgan fingerprint density at radius 1 is 1.19 bits per heavy atom. The monoisotopic (exact) mass is 445 g/mol. The third kappa shape index (κ3) is 5.35. The lowest BCUT2D eigenvalue weighted by Gasteiger charge is -2.17. The molecule has 1 heterocycles. The van der Waals surface area contributed by atoms with Gasteiger partial charge in [0.25, 0.3) is 10.0 Å². The number of fused-ring (bicyclic) bond motifs is 1. The fraction of sp³-hybridized carbons (Fsp3) is 0.364. The van der Waals surface area contributed by atoms with Gasteiger partial charge < -0.3 is 14.8 Å². The third-order valence-corrected chi connectivity index (χ3v) is 6.20. The first kappa shape index (κ1) is 22.6. The van der Waals surface area contributed by atoms with E-state index in [1.54, 1.807) is 25.3 Å². The van der Waals surface area contributed by atoms with E-state index in [2.05, 4.69) is 15.0 Å². The van der Waals surface area contributed by atoms with Gasteiger partial charge >= 0.3 is 0 Å². The number of hydrogen-bond acceptors (Lipinski definition) is 6. The summed E-state index contributed by atoms with van der Waals surface area (Å²) in [7, 11) is -2.00. The van der Waals surface area contributed by atoms with Crippen LogP contribution in [0.3, 0.4) is 0 Å². The van der Waals surface area contributed by atoms with Gasteiger partial charge in [-0.2, -0.15) is 0 Å². The van der Waals surface area contributed by atoms with E-state index in [9.17, 15) is 13.2 Å². The van der Waals surface area contributed by atoms with E-state index in [4.69, 9.17) is 9.47 Å². The van der Waals surface area contributed by atoms with E-state index >= 15 is 0 Å². The van der Waals surface area contributed by atoms with Crippen molar-refractivity contribution in [1.29, 1.82) is 0 Å². The highest BCUT2D eigenvalue weighted by molar-refractivity contribution is 7.90. The van der Waals surface area contributed by atoms with Gasteiger partial charge in [0.15, 0.2) is 11.5 Å². The van der Waals surface area contributed by atoms with Crippen molar-refractivity contribution in [2.75, 3.05) is 20.3 Å². The number of rotatable bonds is 9. The zero-order chi connectivity index (χ0) is 22.4. The zero-order valence-electron chi connectivity index (χ0n) is 17.8. The Labute approximate surface area is 182 Å². The quantitative estimate of drug-likeness (QED) is 0.617. The standard InChI is InChI=1S/C22H27N3O5S/c1-4-13-30-18-10-9-16(14-19(18)29-3)15(2)24-21(26)11-12-23-22-17-7-5-6-8-20(17)31(27,28)25-22/h5-10,14-15H,4,11-13H2,1-3H3,(H,23,25)(H,24,26). The molecule has 31 heavy (non-hydrogen) atoms. The molecule has 0 spiro atoms. The number of sulfonamides is 1. The van der Waals surface area contributed by atoms with Crippen LogP contribution < -0.4 is 19.5 Å². The summed E-state index contributed by atoms with van der Waals surface area (Å²) in [5.41, 5.74) is 1.41. The Morgan fingerprint density at radius 2 is 1.97 bits per heavy atom. The Morgan fingerprint density at radius 3 is 2.71 bits per heavy atom. The van der Waals surface area contributed by atoms with Crippen molar-refractivity contribution < 1.29 is 22.7 Å². The Bertz CT molecular complexity index is 1080. The number of aliphatic imine (C=N–C) groups is 1. The number of hydrogen-bond donors (Lipinski definition) is 2. The van der Waals surface area contributed by atoms with Crippen molar-refractivity contribution in [2.45, 2.75) is 37.6 Å². The molecule has 8 nitrogen and oxygen atoms in total. The van der Waals surface area contributed by atoms with Crippen LogP contribution in [0.15, 0.2) is 52.4 Å². The first-order valence-electron chi connectivity index (χ1n) is 10.1. The minimum absolute atomic E-state index is 0.132. The number of carbonyl (C=O) groups is 1. The van der Waals surface area contributed by atoms with Crippen LogP contribution in [-0.4, -0.2) is 40.4 Å². The van der Waals surface area contributed by atoms with Gasteiger partial charge in [-0.25, -0.2) is 8.42 Å². The van der Waals surface area contributed by atoms with Crippen molar-refractivity contribution in [1.82, 2.24) is 10.0 Å². The molecule has 1 amide bonds. The van der Waals surface area contributed by atoms with Crippen LogP contribution in [0.25, 0.3) is 0 Å². The van der Waals surface area contributed by atoms with E-state index in [0.717, 1.165) is 12.0 Å². The molecule has 2 N–H and O–H groups in total. The van der Waals surface area contributed by atoms with Crippen molar-refractivity contribution in [3.05, 3.63) is 53.6 Å². The summed E-state index contributed by atoms with van der Waals surface area (Å²) in [6, 6.07) is 12.0. The number of benzene rings is 2. The van der Waals surface area contributed by atoms with E-state index in [1.807, 2.05) is 32.0 Å². The molecule has 0 aliphatic carbocycles. The second-order valence-corrected chi connectivity index (χ2v) is 8.78. The van der Waals surface area contributed by atoms with Crippen molar-refractivity contribution in [3.8, 4) is 11.5 Å². The topological polar surface area (TPSA) is 106 Å². The number of methoxy groups -OCH3 is 1. The normalized spacial score (nSPS) is 16.3. The first-order chi connectivity index (χ1) is 14.9. The molecule has 3 rings (SSSR count). The lowest BCUT2D eigenvalue weighted by molar-refractivity contribution is -0.121. The molecule has 1 unspecified atom stereocenters. The smallest absolute Gasteiger partial charge is 0.263 e. The lowest BCUT2D eigenvalue weighted by atomic mass is 10.1. The molecule has 2 aromatic rings. The summed E-state index contributed by atoms with van der Waals surface area (Å²) >= 11 is 0. The minimum atomic E-state index is -3.58. The van der Waals surface area contributed by atoms with Crippen LogP contribution in [0.5, 0.6) is 11.5 Å². The zero-order valence-corrected chi connectivity index (χ0v) is 18.7. The first-order valence-corrected chi connectivity index (χ1v) is 11.6. The van der Waals surface area contributed by atoms with Crippen LogP contribution in [0.4, 0.5) is 0 Å². The average molecular weight is 446 g/mol. The van der Waals surface area contributed by atoms with Crippen molar-refractivity contribution in [2.24, 2.45) is 4.99 Å². The third-order valence-electron chi connectivity index (χ3n) is 4.80. The van der Waals surface area contributed by atoms with Crippen LogP contribution in [0.2, 0.25) is 0 Å². The summed E-state index contributed by atoms with van der Waals surface area (Å²) in [6.45, 7) is 4.68. The van der Waals surface area contributed by atoms with E-state index in [1.165, 1.54) is 6.07 Å². The molecule has 0 bridgehead atoms. The van der Waals surface area contributed by atoms with Crippen molar-refractivity contribution >= 4 is 21.8 Å². The molecule has 1 aliphatic heterocycles. The van der Waals surface area contributed by atoms with Gasteiger partial charge in [-0.3, -0.25) is 14.5 Å². The van der Waals surface area contributed by atoms with E-state index < -0.39 is 10.0 Å². The molecule has 1 atom stereocenters. The molecule has 0 fully saturated rings. The number of nitrogens with one attached hydrogen (secondary N) is 2. The minimum Gasteiger partial charge on any atom is -0.493 e. The summed E-state index contributed by atoms with van der Waals surface area (Å²) in [4.78, 5) is 16.8. The molecule has 0 saturated carbocycles. The lowest BCUT2D eigenvalue weighted by Crippen LogP contribution is -2.27. The van der Waals surface area contributed by atoms with Gasteiger partial charge in [0.2, 0.25) is 5.91 Å². The summed E-state index contributed by atoms with van der Waals surface area (Å²) in [5.74, 6) is 1.37. The van der Waals surface area contributed by atoms with Gasteiger partial charge in [0.05, 0.1) is 31.2 Å². The van der Waals surface area contributed by atoms with Crippen LogP contribution >= 0.6 is 0 Å². The predicted molar refractivity (Wildman–Crippen MR) is 118 cm³/mol. The fourth-order valence-corrected chi connectivity index (χ4v) is 4.45. The SMILES string of the molecule is CCCOc1ccc(C(C)NC(=O)CCN=C2NS(=O)(=O)c3ccccc32)cc1OC. The van der Waals surface area contributed by atoms with Crippen LogP contribution in [0.1, 0.15) is 43.9 Å². The van der Waals surface area contributed by atoms with Gasteiger partial charge in [-0.05, 0) is 43.2 Å².